The van der Waals surface area contributed by atoms with Gasteiger partial charge in [0.2, 0.25) is 5.91 Å². The van der Waals surface area contributed by atoms with E-state index in [1.165, 1.54) is 19.3 Å². The van der Waals surface area contributed by atoms with E-state index >= 15 is 0 Å². The summed E-state index contributed by atoms with van der Waals surface area (Å²) in [6, 6.07) is 17.3. The van der Waals surface area contributed by atoms with Crippen LogP contribution in [0.15, 0.2) is 48.5 Å². The molecule has 4 rings (SSSR count). The highest BCUT2D eigenvalue weighted by molar-refractivity contribution is 6.04. The molecule has 0 radical (unpaired) electrons. The molecule has 34 heavy (non-hydrogen) atoms. The van der Waals surface area contributed by atoms with E-state index in [4.69, 9.17) is 5.26 Å². The predicted molar refractivity (Wildman–Crippen MR) is 133 cm³/mol. The zero-order chi connectivity index (χ0) is 23.9. The van der Waals surface area contributed by atoms with E-state index in [1.807, 2.05) is 18.2 Å². The van der Waals surface area contributed by atoms with Crippen molar-refractivity contribution in [3.05, 3.63) is 65.2 Å². The minimum Gasteiger partial charge on any atom is -0.353 e. The summed E-state index contributed by atoms with van der Waals surface area (Å²) in [6.45, 7) is 3.96. The first-order chi connectivity index (χ1) is 16.5. The maximum absolute atomic E-state index is 12.7. The van der Waals surface area contributed by atoms with Gasteiger partial charge in [-0.15, -0.1) is 0 Å². The maximum Gasteiger partial charge on any atom is 0.255 e. The highest BCUT2D eigenvalue weighted by Gasteiger charge is 2.29. The van der Waals surface area contributed by atoms with Gasteiger partial charge in [-0.05, 0) is 81.6 Å². The lowest BCUT2D eigenvalue weighted by atomic mass is 9.91. The van der Waals surface area contributed by atoms with Crippen LogP contribution in [0.5, 0.6) is 0 Å². The molecule has 2 fully saturated rings. The Kier molecular flexibility index (Phi) is 7.97. The van der Waals surface area contributed by atoms with Crippen LogP contribution >= 0.6 is 0 Å². The molecule has 1 saturated heterocycles. The van der Waals surface area contributed by atoms with Crippen LogP contribution in [0.25, 0.3) is 0 Å². The number of nitriles is 1. The molecule has 2 aliphatic rings. The lowest BCUT2D eigenvalue weighted by Crippen LogP contribution is -2.44. The van der Waals surface area contributed by atoms with Crippen LogP contribution in [0.1, 0.15) is 79.4 Å². The largest absolute Gasteiger partial charge is 0.353 e. The zero-order valence-corrected chi connectivity index (χ0v) is 19.9. The number of anilines is 1. The van der Waals surface area contributed by atoms with Crippen molar-refractivity contribution in [2.24, 2.45) is 5.92 Å². The Morgan fingerprint density at radius 3 is 2.47 bits per heavy atom. The quantitative estimate of drug-likeness (QED) is 0.636. The average Bonchev–Trinajstić information content (AvgIpc) is 2.89. The lowest BCUT2D eigenvalue weighted by molar-refractivity contribution is -0.127. The SMILES string of the molecule is CC(c1cccc(NC(=O)c2cccc(C#N)c2)c1)N1CCC(C(=O)NC2CCCCC2)CC1. The van der Waals surface area contributed by atoms with Gasteiger partial charge >= 0.3 is 0 Å². The smallest absolute Gasteiger partial charge is 0.255 e. The lowest BCUT2D eigenvalue weighted by Gasteiger charge is -2.36. The van der Waals surface area contributed by atoms with Crippen LogP contribution in [0.3, 0.4) is 0 Å². The second kappa shape index (κ2) is 11.3. The Hall–Kier alpha value is -3.17. The number of piperidine rings is 1. The Balaban J connectivity index is 1.31. The second-order valence-corrected chi connectivity index (χ2v) is 9.60. The number of hydrogen-bond donors (Lipinski definition) is 2. The number of carbonyl (C=O) groups excluding carboxylic acids is 2. The van der Waals surface area contributed by atoms with Crippen LogP contribution in [0.4, 0.5) is 5.69 Å². The molecule has 1 atom stereocenters. The minimum absolute atomic E-state index is 0.111. The summed E-state index contributed by atoms with van der Waals surface area (Å²) in [7, 11) is 0. The Labute approximate surface area is 202 Å². The monoisotopic (exact) mass is 458 g/mol. The standard InChI is InChI=1S/C28H34N4O2/c1-20(32-15-13-22(14-16-32)27(33)30-25-10-3-2-4-11-25)23-8-6-12-26(18-23)31-28(34)24-9-5-7-21(17-24)19-29/h5-9,12,17-18,20,22,25H,2-4,10-11,13-16H2,1H3,(H,30,33)(H,31,34). The van der Waals surface area contributed by atoms with Gasteiger partial charge in [0, 0.05) is 29.3 Å². The highest BCUT2D eigenvalue weighted by Crippen LogP contribution is 2.29. The summed E-state index contributed by atoms with van der Waals surface area (Å²) in [5, 5.41) is 15.3. The van der Waals surface area contributed by atoms with Crippen molar-refractivity contribution in [3.8, 4) is 6.07 Å². The number of nitrogens with one attached hydrogen (secondary N) is 2. The number of rotatable bonds is 6. The molecule has 1 unspecified atom stereocenters. The van der Waals surface area contributed by atoms with E-state index in [9.17, 15) is 9.59 Å². The molecule has 6 nitrogen and oxygen atoms in total. The van der Waals surface area contributed by atoms with Gasteiger partial charge in [-0.2, -0.15) is 5.26 Å². The minimum atomic E-state index is -0.230. The fourth-order valence-electron chi connectivity index (χ4n) is 5.14. The molecule has 178 valence electrons. The van der Waals surface area contributed by atoms with E-state index in [0.717, 1.165) is 50.0 Å². The van der Waals surface area contributed by atoms with Gasteiger partial charge in [0.05, 0.1) is 11.6 Å². The van der Waals surface area contributed by atoms with Crippen LogP contribution in [0.2, 0.25) is 0 Å². The summed E-state index contributed by atoms with van der Waals surface area (Å²) >= 11 is 0. The first-order valence-corrected chi connectivity index (χ1v) is 12.5. The van der Waals surface area contributed by atoms with E-state index in [2.05, 4.69) is 34.6 Å². The summed E-state index contributed by atoms with van der Waals surface area (Å²) in [5.41, 5.74) is 2.80. The number of nitrogens with zero attached hydrogens (tertiary/aromatic N) is 2. The Morgan fingerprint density at radius 2 is 1.74 bits per heavy atom. The maximum atomic E-state index is 12.7. The van der Waals surface area contributed by atoms with Gasteiger partial charge < -0.3 is 10.6 Å². The second-order valence-electron chi connectivity index (χ2n) is 9.60. The zero-order valence-electron chi connectivity index (χ0n) is 19.9. The molecule has 2 N–H and O–H groups in total. The van der Waals surface area contributed by atoms with Crippen LogP contribution in [0, 0.1) is 17.2 Å². The molecule has 1 aliphatic carbocycles. The number of carbonyl (C=O) groups is 2. The predicted octanol–water partition coefficient (Wildman–Crippen LogP) is 5.03. The Bertz CT molecular complexity index is 1050. The number of likely N-dealkylation sites (tertiary alicyclic amines) is 1. The summed E-state index contributed by atoms with van der Waals surface area (Å²) < 4.78 is 0. The third kappa shape index (κ3) is 6.03. The molecule has 6 heteroatoms. The van der Waals surface area contributed by atoms with Gasteiger partial charge in [-0.3, -0.25) is 14.5 Å². The van der Waals surface area contributed by atoms with Gasteiger partial charge in [0.25, 0.3) is 5.91 Å². The number of amides is 2. The van der Waals surface area contributed by atoms with Crippen LogP contribution in [-0.4, -0.2) is 35.8 Å². The number of benzene rings is 2. The Morgan fingerprint density at radius 1 is 1.00 bits per heavy atom. The van der Waals surface area contributed by atoms with Gasteiger partial charge in [-0.25, -0.2) is 0 Å². The summed E-state index contributed by atoms with van der Waals surface area (Å²) in [4.78, 5) is 27.8. The van der Waals surface area contributed by atoms with Gasteiger partial charge in [-0.1, -0.05) is 37.5 Å². The summed E-state index contributed by atoms with van der Waals surface area (Å²) in [5.74, 6) is 0.122. The van der Waals surface area contributed by atoms with Crippen molar-refractivity contribution in [2.75, 3.05) is 18.4 Å². The highest BCUT2D eigenvalue weighted by atomic mass is 16.2. The molecule has 0 spiro atoms. The van der Waals surface area contributed by atoms with Crippen molar-refractivity contribution in [1.82, 2.24) is 10.2 Å². The molecule has 2 aromatic rings. The van der Waals surface area contributed by atoms with Crippen molar-refractivity contribution < 1.29 is 9.59 Å². The molecule has 1 heterocycles. The van der Waals surface area contributed by atoms with Crippen molar-refractivity contribution in [1.29, 1.82) is 5.26 Å². The summed E-state index contributed by atoms with van der Waals surface area (Å²) in [6.07, 6.45) is 7.76. The molecule has 0 bridgehead atoms. The fraction of sp³-hybridized carbons (Fsp3) is 0.464. The molecule has 0 aromatic heterocycles. The third-order valence-electron chi connectivity index (χ3n) is 7.28. The molecule has 1 saturated carbocycles. The van der Waals surface area contributed by atoms with Crippen molar-refractivity contribution in [3.63, 3.8) is 0 Å². The average molecular weight is 459 g/mol. The fourth-order valence-corrected chi connectivity index (χ4v) is 5.14. The third-order valence-corrected chi connectivity index (χ3v) is 7.28. The van der Waals surface area contributed by atoms with Crippen molar-refractivity contribution >= 4 is 17.5 Å². The van der Waals surface area contributed by atoms with E-state index in [0.29, 0.717) is 17.2 Å². The van der Waals surface area contributed by atoms with Crippen LogP contribution < -0.4 is 10.6 Å². The molecule has 2 aromatic carbocycles. The van der Waals surface area contributed by atoms with Gasteiger partial charge in [0.15, 0.2) is 0 Å². The molecule has 2 amide bonds. The first-order valence-electron chi connectivity index (χ1n) is 12.5. The molecular weight excluding hydrogens is 424 g/mol. The van der Waals surface area contributed by atoms with E-state index < -0.39 is 0 Å². The van der Waals surface area contributed by atoms with E-state index in [-0.39, 0.29) is 23.8 Å². The topological polar surface area (TPSA) is 85.2 Å². The molecule has 1 aliphatic heterocycles. The van der Waals surface area contributed by atoms with Gasteiger partial charge in [0.1, 0.15) is 0 Å². The number of hydrogen-bond acceptors (Lipinski definition) is 4. The first kappa shape index (κ1) is 24.0. The normalized spacial score (nSPS) is 18.6. The van der Waals surface area contributed by atoms with E-state index in [1.54, 1.807) is 24.3 Å². The van der Waals surface area contributed by atoms with Crippen LogP contribution in [-0.2, 0) is 4.79 Å². The molecular formula is C28H34N4O2. The van der Waals surface area contributed by atoms with Crippen molar-refractivity contribution in [2.45, 2.75) is 64.0 Å².